The number of benzene rings is 1. The molecule has 3 rings (SSSR count). The fourth-order valence-corrected chi connectivity index (χ4v) is 2.36. The van der Waals surface area contributed by atoms with E-state index in [2.05, 4.69) is 15.4 Å². The number of nitriles is 1. The van der Waals surface area contributed by atoms with Gasteiger partial charge in [-0.3, -0.25) is 9.89 Å². The Bertz CT molecular complexity index is 1050. The molecule has 0 aliphatic rings. The van der Waals surface area contributed by atoms with Gasteiger partial charge >= 0.3 is 5.97 Å². The van der Waals surface area contributed by atoms with E-state index < -0.39 is 11.5 Å². The minimum atomic E-state index is -0.625. The fourth-order valence-electron chi connectivity index (χ4n) is 2.24. The lowest BCUT2D eigenvalue weighted by atomic mass is 10.2. The highest BCUT2D eigenvalue weighted by Crippen LogP contribution is 2.20. The third-order valence-corrected chi connectivity index (χ3v) is 3.63. The van der Waals surface area contributed by atoms with Gasteiger partial charge in [-0.1, -0.05) is 11.6 Å². The summed E-state index contributed by atoms with van der Waals surface area (Å²) in [4.78, 5) is 28.7. The van der Waals surface area contributed by atoms with Gasteiger partial charge in [0.1, 0.15) is 11.6 Å². The summed E-state index contributed by atoms with van der Waals surface area (Å²) >= 11 is 5.84. The number of carbonyl (C=O) groups excluding carboxylic acids is 1. The quantitative estimate of drug-likeness (QED) is 0.693. The molecule has 0 atom stereocenters. The largest absolute Gasteiger partial charge is 0.462 e. The predicted octanol–water partition coefficient (Wildman–Crippen LogP) is 2.47. The Balaban J connectivity index is 2.15. The van der Waals surface area contributed by atoms with Crippen molar-refractivity contribution in [2.45, 2.75) is 6.92 Å². The minimum absolute atomic E-state index is 0.0416. The van der Waals surface area contributed by atoms with Crippen molar-refractivity contribution in [3.8, 4) is 6.07 Å². The highest BCUT2D eigenvalue weighted by Gasteiger charge is 2.20. The van der Waals surface area contributed by atoms with Crippen LogP contribution in [0.2, 0.25) is 5.02 Å². The van der Waals surface area contributed by atoms with Crippen LogP contribution in [-0.4, -0.2) is 27.2 Å². The molecule has 2 heterocycles. The molecule has 0 saturated heterocycles. The Morgan fingerprint density at radius 2 is 2.16 bits per heavy atom. The molecule has 0 saturated carbocycles. The van der Waals surface area contributed by atoms with Gasteiger partial charge in [-0.25, -0.2) is 9.78 Å². The van der Waals surface area contributed by atoms with Crippen molar-refractivity contribution in [1.82, 2.24) is 14.6 Å². The second kappa shape index (κ2) is 6.67. The van der Waals surface area contributed by atoms with Gasteiger partial charge in [0, 0.05) is 16.9 Å². The molecule has 1 aromatic carbocycles. The molecular weight excluding hydrogens is 346 g/mol. The molecule has 0 spiro atoms. The Kier molecular flexibility index (Phi) is 4.41. The summed E-state index contributed by atoms with van der Waals surface area (Å²) in [6.07, 6.45) is 1.31. The number of carbonyl (C=O) groups is 1. The monoisotopic (exact) mass is 357 g/mol. The maximum atomic E-state index is 12.5. The lowest BCUT2D eigenvalue weighted by molar-refractivity contribution is 0.0528. The van der Waals surface area contributed by atoms with Gasteiger partial charge in [0.05, 0.1) is 6.61 Å². The predicted molar refractivity (Wildman–Crippen MR) is 91.2 cm³/mol. The van der Waals surface area contributed by atoms with Crippen molar-refractivity contribution in [2.24, 2.45) is 0 Å². The lowest BCUT2D eigenvalue weighted by Crippen LogP contribution is -2.21. The SMILES string of the molecule is CCOC(=O)c1c[nH]n2c(=O)c(C#N)c(Nc3ccc(Cl)cc3)nc12. The zero-order valence-electron chi connectivity index (χ0n) is 13.0. The third-order valence-electron chi connectivity index (χ3n) is 3.38. The van der Waals surface area contributed by atoms with Crippen LogP contribution in [0.3, 0.4) is 0 Å². The maximum absolute atomic E-state index is 12.5. The standard InChI is InChI=1S/C16H12ClN5O3/c1-2-25-16(24)12-8-19-22-14(12)21-13(11(7-18)15(22)23)20-10-5-3-9(17)4-6-10/h3-6,8,19-20H,2H2,1H3. The Hall–Kier alpha value is -3.31. The first-order valence-electron chi connectivity index (χ1n) is 7.29. The Morgan fingerprint density at radius 1 is 1.44 bits per heavy atom. The minimum Gasteiger partial charge on any atom is -0.462 e. The molecule has 2 N–H and O–H groups in total. The van der Waals surface area contributed by atoms with E-state index in [9.17, 15) is 14.9 Å². The Labute approximate surface area is 146 Å². The molecule has 8 nitrogen and oxygen atoms in total. The number of aromatic nitrogens is 3. The smallest absolute Gasteiger partial charge is 0.343 e. The molecule has 0 aliphatic carbocycles. The number of rotatable bonds is 4. The molecule has 0 bridgehead atoms. The second-order valence-corrected chi connectivity index (χ2v) is 5.39. The molecule has 0 radical (unpaired) electrons. The van der Waals surface area contributed by atoms with Crippen molar-refractivity contribution in [2.75, 3.05) is 11.9 Å². The average Bonchev–Trinajstić information content (AvgIpc) is 3.02. The molecule has 3 aromatic rings. The molecule has 0 unspecified atom stereocenters. The van der Waals surface area contributed by atoms with Crippen LogP contribution < -0.4 is 10.9 Å². The van der Waals surface area contributed by atoms with Gasteiger partial charge in [-0.2, -0.15) is 9.78 Å². The molecule has 0 fully saturated rings. The average molecular weight is 358 g/mol. The number of fused-ring (bicyclic) bond motifs is 1. The van der Waals surface area contributed by atoms with Crippen molar-refractivity contribution in [3.05, 3.63) is 57.0 Å². The summed E-state index contributed by atoms with van der Waals surface area (Å²) in [5, 5.41) is 15.4. The molecular formula is C16H12ClN5O3. The van der Waals surface area contributed by atoms with Crippen LogP contribution in [0, 0.1) is 11.3 Å². The van der Waals surface area contributed by atoms with Crippen LogP contribution in [0.1, 0.15) is 22.8 Å². The molecule has 126 valence electrons. The fraction of sp³-hybridized carbons (Fsp3) is 0.125. The second-order valence-electron chi connectivity index (χ2n) is 4.95. The van der Waals surface area contributed by atoms with Gasteiger partial charge in [-0.15, -0.1) is 0 Å². The summed E-state index contributed by atoms with van der Waals surface area (Å²) in [5.74, 6) is -0.574. The normalized spacial score (nSPS) is 10.4. The number of aromatic amines is 1. The number of ether oxygens (including phenoxy) is 1. The summed E-state index contributed by atoms with van der Waals surface area (Å²) in [7, 11) is 0. The van der Waals surface area contributed by atoms with E-state index in [0.29, 0.717) is 10.7 Å². The number of hydrogen-bond acceptors (Lipinski definition) is 6. The van der Waals surface area contributed by atoms with E-state index in [4.69, 9.17) is 16.3 Å². The number of anilines is 2. The zero-order valence-corrected chi connectivity index (χ0v) is 13.8. The van der Waals surface area contributed by atoms with Crippen LogP contribution in [0.5, 0.6) is 0 Å². The highest BCUT2D eigenvalue weighted by molar-refractivity contribution is 6.30. The summed E-state index contributed by atoms with van der Waals surface area (Å²) < 4.78 is 5.97. The highest BCUT2D eigenvalue weighted by atomic mass is 35.5. The van der Waals surface area contributed by atoms with Gasteiger partial charge in [0.15, 0.2) is 17.0 Å². The number of nitrogens with zero attached hydrogens (tertiary/aromatic N) is 3. The topological polar surface area (TPSA) is 112 Å². The van der Waals surface area contributed by atoms with E-state index in [0.717, 1.165) is 4.52 Å². The third kappa shape index (κ3) is 3.05. The first-order chi connectivity index (χ1) is 12.0. The van der Waals surface area contributed by atoms with Crippen molar-refractivity contribution in [3.63, 3.8) is 0 Å². The molecule has 0 amide bonds. The molecule has 25 heavy (non-hydrogen) atoms. The first-order valence-corrected chi connectivity index (χ1v) is 7.67. The van der Waals surface area contributed by atoms with E-state index >= 15 is 0 Å². The molecule has 0 aliphatic heterocycles. The number of esters is 1. The number of nitrogens with one attached hydrogen (secondary N) is 2. The van der Waals surface area contributed by atoms with Crippen LogP contribution >= 0.6 is 11.6 Å². The van der Waals surface area contributed by atoms with E-state index in [1.54, 1.807) is 31.2 Å². The summed E-state index contributed by atoms with van der Waals surface area (Å²) in [5.41, 5.74) is -0.0592. The van der Waals surface area contributed by atoms with Gasteiger partial charge in [0.2, 0.25) is 0 Å². The van der Waals surface area contributed by atoms with E-state index in [-0.39, 0.29) is 29.2 Å². The van der Waals surface area contributed by atoms with Crippen LogP contribution in [0.25, 0.3) is 5.65 Å². The number of hydrogen-bond donors (Lipinski definition) is 2. The maximum Gasteiger partial charge on any atom is 0.343 e. The number of halogens is 1. The Morgan fingerprint density at radius 3 is 2.80 bits per heavy atom. The summed E-state index contributed by atoms with van der Waals surface area (Å²) in [6, 6.07) is 8.49. The van der Waals surface area contributed by atoms with Gasteiger partial charge in [0.25, 0.3) is 5.56 Å². The van der Waals surface area contributed by atoms with Gasteiger partial charge < -0.3 is 10.1 Å². The van der Waals surface area contributed by atoms with Crippen LogP contribution in [-0.2, 0) is 4.74 Å². The number of H-pyrrole nitrogens is 1. The van der Waals surface area contributed by atoms with Crippen molar-refractivity contribution >= 4 is 34.7 Å². The zero-order chi connectivity index (χ0) is 18.0. The van der Waals surface area contributed by atoms with Crippen molar-refractivity contribution in [1.29, 1.82) is 5.26 Å². The lowest BCUT2D eigenvalue weighted by Gasteiger charge is -2.08. The van der Waals surface area contributed by atoms with E-state index in [1.807, 2.05) is 6.07 Å². The first kappa shape index (κ1) is 16.5. The molecule has 9 heteroatoms. The summed E-state index contributed by atoms with van der Waals surface area (Å²) in [6.45, 7) is 1.86. The van der Waals surface area contributed by atoms with Crippen LogP contribution in [0.15, 0.2) is 35.3 Å². The molecule has 2 aromatic heterocycles. The van der Waals surface area contributed by atoms with Crippen molar-refractivity contribution < 1.29 is 9.53 Å². The van der Waals surface area contributed by atoms with Crippen LogP contribution in [0.4, 0.5) is 11.5 Å². The van der Waals surface area contributed by atoms with Gasteiger partial charge in [-0.05, 0) is 31.2 Å². The van der Waals surface area contributed by atoms with E-state index in [1.165, 1.54) is 6.20 Å².